The molecule has 22 heavy (non-hydrogen) atoms. The number of carboxylic acid groups (broad SMARTS) is 1. The van der Waals surface area contributed by atoms with E-state index in [-0.39, 0.29) is 11.7 Å². The highest BCUT2D eigenvalue weighted by Gasteiger charge is 2.29. The Morgan fingerprint density at radius 2 is 2.00 bits per heavy atom. The Bertz CT molecular complexity index is 706. The Labute approximate surface area is 132 Å². The van der Waals surface area contributed by atoms with E-state index in [4.69, 9.17) is 16.7 Å². The Morgan fingerprint density at radius 3 is 2.64 bits per heavy atom. The van der Waals surface area contributed by atoms with E-state index in [9.17, 15) is 9.18 Å². The number of rotatable bonds is 3. The molecule has 0 radical (unpaired) electrons. The van der Waals surface area contributed by atoms with Gasteiger partial charge in [0.1, 0.15) is 11.6 Å². The van der Waals surface area contributed by atoms with E-state index in [2.05, 4.69) is 4.98 Å². The van der Waals surface area contributed by atoms with E-state index in [0.29, 0.717) is 36.0 Å². The number of aromatic nitrogens is 1. The van der Waals surface area contributed by atoms with Crippen LogP contribution >= 0.6 is 11.6 Å². The molecule has 1 aliphatic heterocycles. The highest BCUT2D eigenvalue weighted by atomic mass is 35.5. The van der Waals surface area contributed by atoms with Gasteiger partial charge in [0, 0.05) is 18.7 Å². The van der Waals surface area contributed by atoms with Gasteiger partial charge >= 0.3 is 5.97 Å². The zero-order valence-corrected chi connectivity index (χ0v) is 12.4. The number of carboxylic acids is 1. The molecule has 1 aromatic heterocycles. The summed E-state index contributed by atoms with van der Waals surface area (Å²) < 4.78 is 13.0. The normalized spacial score (nSPS) is 17.7. The van der Waals surface area contributed by atoms with Crippen molar-refractivity contribution < 1.29 is 14.3 Å². The van der Waals surface area contributed by atoms with E-state index in [1.807, 2.05) is 4.90 Å². The molecule has 0 aliphatic carbocycles. The molecule has 1 atom stereocenters. The average molecular weight is 321 g/mol. The lowest BCUT2D eigenvalue weighted by Crippen LogP contribution is -2.23. The average Bonchev–Trinajstić information content (AvgIpc) is 2.99. The Hall–Kier alpha value is -2.14. The fraction of sp³-hybridized carbons (Fsp3) is 0.250. The number of halogens is 2. The number of carbonyl (C=O) groups is 1. The SMILES string of the molecule is O=C(O)C1CCN(c2ccc(Cl)c(-c3ccc(F)cc3)n2)C1. The molecule has 1 N–H and O–H groups in total. The smallest absolute Gasteiger partial charge is 0.308 e. The standard InChI is InChI=1S/C16H14ClFN2O2/c17-13-5-6-14(20-8-7-11(9-20)16(21)22)19-15(13)10-1-3-12(18)4-2-10/h1-6,11H,7-9H2,(H,21,22). The maximum absolute atomic E-state index is 13.0. The molecule has 1 fully saturated rings. The first-order valence-electron chi connectivity index (χ1n) is 6.95. The minimum absolute atomic E-state index is 0.320. The van der Waals surface area contributed by atoms with Crippen LogP contribution in [0, 0.1) is 11.7 Å². The quantitative estimate of drug-likeness (QED) is 0.941. The van der Waals surface area contributed by atoms with Crippen molar-refractivity contribution in [3.8, 4) is 11.3 Å². The number of hydrogen-bond acceptors (Lipinski definition) is 3. The summed E-state index contributed by atoms with van der Waals surface area (Å²) >= 11 is 6.19. The summed E-state index contributed by atoms with van der Waals surface area (Å²) in [7, 11) is 0. The summed E-state index contributed by atoms with van der Waals surface area (Å²) in [5, 5.41) is 9.55. The van der Waals surface area contributed by atoms with Crippen molar-refractivity contribution >= 4 is 23.4 Å². The second kappa shape index (κ2) is 5.93. The van der Waals surface area contributed by atoms with Crippen LogP contribution in [0.15, 0.2) is 36.4 Å². The minimum atomic E-state index is -0.782. The van der Waals surface area contributed by atoms with Crippen molar-refractivity contribution in [3.63, 3.8) is 0 Å². The molecule has 0 bridgehead atoms. The number of nitrogens with zero attached hydrogens (tertiary/aromatic N) is 2. The van der Waals surface area contributed by atoms with Crippen molar-refractivity contribution in [2.45, 2.75) is 6.42 Å². The molecule has 1 unspecified atom stereocenters. The fourth-order valence-electron chi connectivity index (χ4n) is 2.59. The van der Waals surface area contributed by atoms with Gasteiger partial charge in [-0.3, -0.25) is 4.79 Å². The highest BCUT2D eigenvalue weighted by molar-refractivity contribution is 6.33. The van der Waals surface area contributed by atoms with Gasteiger partial charge in [-0.15, -0.1) is 0 Å². The molecule has 6 heteroatoms. The predicted molar refractivity (Wildman–Crippen MR) is 82.6 cm³/mol. The summed E-state index contributed by atoms with van der Waals surface area (Å²) in [6.07, 6.45) is 0.603. The third-order valence-corrected chi connectivity index (χ3v) is 4.12. The van der Waals surface area contributed by atoms with Gasteiger partial charge in [0.05, 0.1) is 16.6 Å². The van der Waals surface area contributed by atoms with Crippen molar-refractivity contribution in [2.75, 3.05) is 18.0 Å². The predicted octanol–water partition coefficient (Wildman–Crippen LogP) is 3.45. The van der Waals surface area contributed by atoms with Gasteiger partial charge in [0.15, 0.2) is 0 Å². The maximum Gasteiger partial charge on any atom is 0.308 e. The monoisotopic (exact) mass is 320 g/mol. The van der Waals surface area contributed by atoms with Crippen LogP contribution in [0.1, 0.15) is 6.42 Å². The molecule has 1 aromatic carbocycles. The van der Waals surface area contributed by atoms with Crippen LogP contribution in [-0.2, 0) is 4.79 Å². The van der Waals surface area contributed by atoms with Crippen molar-refractivity contribution in [3.05, 3.63) is 47.2 Å². The lowest BCUT2D eigenvalue weighted by molar-refractivity contribution is -0.140. The second-order valence-corrected chi connectivity index (χ2v) is 5.68. The molecular formula is C16H14ClFN2O2. The molecule has 114 valence electrons. The molecule has 4 nitrogen and oxygen atoms in total. The number of hydrogen-bond donors (Lipinski definition) is 1. The molecule has 0 saturated carbocycles. The number of anilines is 1. The molecule has 1 saturated heterocycles. The van der Waals surface area contributed by atoms with E-state index in [1.54, 1.807) is 24.3 Å². The lowest BCUT2D eigenvalue weighted by atomic mass is 10.1. The van der Waals surface area contributed by atoms with E-state index in [1.165, 1.54) is 12.1 Å². The number of benzene rings is 1. The summed E-state index contributed by atoms with van der Waals surface area (Å²) in [5.41, 5.74) is 1.29. The van der Waals surface area contributed by atoms with E-state index in [0.717, 1.165) is 5.56 Å². The largest absolute Gasteiger partial charge is 0.481 e. The first-order valence-corrected chi connectivity index (χ1v) is 7.32. The molecule has 2 heterocycles. The van der Waals surface area contributed by atoms with Gasteiger partial charge in [-0.25, -0.2) is 9.37 Å². The highest BCUT2D eigenvalue weighted by Crippen LogP contribution is 2.30. The molecule has 1 aliphatic rings. The van der Waals surface area contributed by atoms with Gasteiger partial charge in [0.2, 0.25) is 0 Å². The van der Waals surface area contributed by atoms with Crippen LogP contribution in [0.25, 0.3) is 11.3 Å². The lowest BCUT2D eigenvalue weighted by Gasteiger charge is -2.18. The number of aliphatic carboxylic acids is 1. The van der Waals surface area contributed by atoms with Crippen LogP contribution in [0.4, 0.5) is 10.2 Å². The van der Waals surface area contributed by atoms with Crippen LogP contribution in [0.2, 0.25) is 5.02 Å². The Morgan fingerprint density at radius 1 is 1.27 bits per heavy atom. The zero-order valence-electron chi connectivity index (χ0n) is 11.7. The maximum atomic E-state index is 13.0. The van der Waals surface area contributed by atoms with Gasteiger partial charge < -0.3 is 10.0 Å². The second-order valence-electron chi connectivity index (χ2n) is 5.28. The molecule has 2 aromatic rings. The summed E-state index contributed by atoms with van der Waals surface area (Å²) in [4.78, 5) is 17.5. The van der Waals surface area contributed by atoms with Crippen molar-refractivity contribution in [2.24, 2.45) is 5.92 Å². The van der Waals surface area contributed by atoms with Crippen LogP contribution in [0.3, 0.4) is 0 Å². The molecule has 3 rings (SSSR count). The fourth-order valence-corrected chi connectivity index (χ4v) is 2.80. The van der Waals surface area contributed by atoms with Gasteiger partial charge in [0.25, 0.3) is 0 Å². The van der Waals surface area contributed by atoms with Gasteiger partial charge in [-0.05, 0) is 42.8 Å². The van der Waals surface area contributed by atoms with Gasteiger partial charge in [-0.1, -0.05) is 11.6 Å². The van der Waals surface area contributed by atoms with Crippen molar-refractivity contribution in [1.29, 1.82) is 0 Å². The van der Waals surface area contributed by atoms with E-state index < -0.39 is 5.97 Å². The summed E-state index contributed by atoms with van der Waals surface area (Å²) in [6, 6.07) is 9.47. The van der Waals surface area contributed by atoms with Crippen LogP contribution < -0.4 is 4.90 Å². The topological polar surface area (TPSA) is 53.4 Å². The van der Waals surface area contributed by atoms with Crippen molar-refractivity contribution in [1.82, 2.24) is 4.98 Å². The molecule has 0 amide bonds. The van der Waals surface area contributed by atoms with E-state index >= 15 is 0 Å². The van der Waals surface area contributed by atoms with Crippen LogP contribution in [-0.4, -0.2) is 29.1 Å². The Balaban J connectivity index is 1.90. The molecular weight excluding hydrogens is 307 g/mol. The third-order valence-electron chi connectivity index (χ3n) is 3.81. The third kappa shape index (κ3) is 2.90. The van der Waals surface area contributed by atoms with Crippen LogP contribution in [0.5, 0.6) is 0 Å². The van der Waals surface area contributed by atoms with Gasteiger partial charge in [-0.2, -0.15) is 0 Å². The zero-order chi connectivity index (χ0) is 15.7. The number of pyridine rings is 1. The first-order chi connectivity index (χ1) is 10.5. The minimum Gasteiger partial charge on any atom is -0.481 e. The summed E-state index contributed by atoms with van der Waals surface area (Å²) in [6.45, 7) is 1.08. The summed E-state index contributed by atoms with van der Waals surface area (Å²) in [5.74, 6) is -0.783. The first kappa shape index (κ1) is 14.8. The Kier molecular flexibility index (Phi) is 3.98. The molecule has 0 spiro atoms.